The molecule has 0 saturated carbocycles. The van der Waals surface area contributed by atoms with Crippen LogP contribution in [0, 0.1) is 0 Å². The lowest BCUT2D eigenvalue weighted by Gasteiger charge is -2.15. The van der Waals surface area contributed by atoms with Crippen molar-refractivity contribution in [3.05, 3.63) is 59.7 Å². The van der Waals surface area contributed by atoms with Crippen molar-refractivity contribution in [2.75, 3.05) is 5.32 Å². The van der Waals surface area contributed by atoms with Crippen LogP contribution in [-0.4, -0.2) is 33.0 Å². The number of benzene rings is 2. The van der Waals surface area contributed by atoms with Crippen molar-refractivity contribution in [3.63, 3.8) is 0 Å². The molecule has 132 valence electrons. The molecule has 0 saturated heterocycles. The second-order valence-electron chi connectivity index (χ2n) is 5.71. The van der Waals surface area contributed by atoms with Gasteiger partial charge in [-0.1, -0.05) is 24.3 Å². The fourth-order valence-electron chi connectivity index (χ4n) is 2.55. The first-order chi connectivity index (χ1) is 12.6. The molecule has 0 unspecified atom stereocenters. The van der Waals surface area contributed by atoms with Gasteiger partial charge >= 0.3 is 0 Å². The summed E-state index contributed by atoms with van der Waals surface area (Å²) in [5.41, 5.74) is 2.92. The van der Waals surface area contributed by atoms with Gasteiger partial charge in [0.25, 0.3) is 5.91 Å². The van der Waals surface area contributed by atoms with Crippen molar-refractivity contribution in [1.29, 1.82) is 0 Å². The Morgan fingerprint density at radius 2 is 2.04 bits per heavy atom. The van der Waals surface area contributed by atoms with E-state index in [1.54, 1.807) is 31.3 Å². The molecular formula is C19H19N5O2. The van der Waals surface area contributed by atoms with Crippen molar-refractivity contribution in [2.24, 2.45) is 5.10 Å². The highest BCUT2D eigenvalue weighted by molar-refractivity contribution is 6.04. The van der Waals surface area contributed by atoms with E-state index < -0.39 is 0 Å². The van der Waals surface area contributed by atoms with Crippen LogP contribution in [0.25, 0.3) is 11.0 Å². The van der Waals surface area contributed by atoms with Crippen LogP contribution < -0.4 is 5.32 Å². The highest BCUT2D eigenvalue weighted by Crippen LogP contribution is 2.15. The normalized spacial score (nSPS) is 11.0. The van der Waals surface area contributed by atoms with E-state index in [9.17, 15) is 9.59 Å². The zero-order valence-corrected chi connectivity index (χ0v) is 14.6. The minimum Gasteiger partial charge on any atom is -0.324 e. The molecular weight excluding hydrogens is 330 g/mol. The van der Waals surface area contributed by atoms with Crippen LogP contribution >= 0.6 is 0 Å². The number of carbonyl (C=O) groups excluding carboxylic acids is 2. The smallest absolute Gasteiger partial charge is 0.257 e. The number of hydrogen-bond acceptors (Lipinski definition) is 4. The van der Waals surface area contributed by atoms with Crippen molar-refractivity contribution in [3.8, 4) is 0 Å². The standard InChI is InChI=1S/C19H19N5O2/c1-3-20-24(13(2)25)12-14-7-6-8-15(11-14)18(26)23-19-21-16-9-4-5-10-17(16)22-19/h3-11H,12H2,1-2H3,(H2,21,22,23,26)/b20-3-. The molecule has 0 aliphatic heterocycles. The van der Waals surface area contributed by atoms with E-state index in [1.165, 1.54) is 11.9 Å². The van der Waals surface area contributed by atoms with Crippen LogP contribution in [0.2, 0.25) is 0 Å². The van der Waals surface area contributed by atoms with E-state index in [-0.39, 0.29) is 11.8 Å². The number of aromatic nitrogens is 2. The Hall–Kier alpha value is -3.48. The van der Waals surface area contributed by atoms with Crippen LogP contribution in [0.1, 0.15) is 29.8 Å². The molecule has 2 aromatic carbocycles. The lowest BCUT2D eigenvalue weighted by Crippen LogP contribution is -2.22. The molecule has 3 rings (SSSR count). The van der Waals surface area contributed by atoms with Crippen molar-refractivity contribution in [1.82, 2.24) is 15.0 Å². The lowest BCUT2D eigenvalue weighted by molar-refractivity contribution is -0.129. The monoisotopic (exact) mass is 349 g/mol. The van der Waals surface area contributed by atoms with Gasteiger partial charge in [0.2, 0.25) is 11.9 Å². The molecule has 2 amide bonds. The molecule has 0 bridgehead atoms. The number of anilines is 1. The molecule has 0 aliphatic rings. The van der Waals surface area contributed by atoms with Gasteiger partial charge in [-0.25, -0.2) is 9.99 Å². The second kappa shape index (κ2) is 7.60. The number of nitrogens with one attached hydrogen (secondary N) is 2. The summed E-state index contributed by atoms with van der Waals surface area (Å²) >= 11 is 0. The fraction of sp³-hybridized carbons (Fsp3) is 0.158. The average Bonchev–Trinajstić information content (AvgIpc) is 3.03. The summed E-state index contributed by atoms with van der Waals surface area (Å²) in [5, 5.41) is 8.13. The predicted octanol–water partition coefficient (Wildman–Crippen LogP) is 3.17. The van der Waals surface area contributed by atoms with Gasteiger partial charge in [-0.3, -0.25) is 14.9 Å². The summed E-state index contributed by atoms with van der Waals surface area (Å²) in [6.45, 7) is 3.49. The molecule has 0 radical (unpaired) electrons. The summed E-state index contributed by atoms with van der Waals surface area (Å²) in [6.07, 6.45) is 1.56. The zero-order chi connectivity index (χ0) is 18.5. The van der Waals surface area contributed by atoms with Crippen LogP contribution in [-0.2, 0) is 11.3 Å². The third-order valence-corrected chi connectivity index (χ3v) is 3.76. The maximum Gasteiger partial charge on any atom is 0.257 e. The van der Waals surface area contributed by atoms with Gasteiger partial charge in [0.1, 0.15) is 0 Å². The number of carbonyl (C=O) groups is 2. The number of nitrogens with zero attached hydrogens (tertiary/aromatic N) is 3. The maximum absolute atomic E-state index is 12.5. The Balaban J connectivity index is 1.76. The van der Waals surface area contributed by atoms with Crippen LogP contribution in [0.15, 0.2) is 53.6 Å². The average molecular weight is 349 g/mol. The van der Waals surface area contributed by atoms with Crippen LogP contribution in [0.5, 0.6) is 0 Å². The summed E-state index contributed by atoms with van der Waals surface area (Å²) in [6, 6.07) is 14.6. The predicted molar refractivity (Wildman–Crippen MR) is 101 cm³/mol. The van der Waals surface area contributed by atoms with Crippen molar-refractivity contribution < 1.29 is 9.59 Å². The summed E-state index contributed by atoms with van der Waals surface area (Å²) in [5.74, 6) is -0.0537. The topological polar surface area (TPSA) is 90.4 Å². The number of fused-ring (bicyclic) bond motifs is 1. The summed E-state index contributed by atoms with van der Waals surface area (Å²) in [7, 11) is 0. The molecule has 0 atom stereocenters. The largest absolute Gasteiger partial charge is 0.324 e. The molecule has 26 heavy (non-hydrogen) atoms. The van der Waals surface area contributed by atoms with E-state index in [2.05, 4.69) is 20.4 Å². The van der Waals surface area contributed by atoms with Gasteiger partial charge in [-0.2, -0.15) is 5.10 Å². The molecule has 0 spiro atoms. The van der Waals surface area contributed by atoms with Crippen molar-refractivity contribution in [2.45, 2.75) is 20.4 Å². The number of rotatable bonds is 5. The van der Waals surface area contributed by atoms with Gasteiger partial charge in [0.05, 0.1) is 17.6 Å². The first-order valence-electron chi connectivity index (χ1n) is 8.18. The molecule has 7 nitrogen and oxygen atoms in total. The molecule has 7 heteroatoms. The molecule has 3 aromatic rings. The first kappa shape index (κ1) is 17.3. The zero-order valence-electron chi connectivity index (χ0n) is 14.6. The minimum absolute atomic E-state index is 0.166. The van der Waals surface area contributed by atoms with Gasteiger partial charge in [-0.15, -0.1) is 0 Å². The second-order valence-corrected chi connectivity index (χ2v) is 5.71. The Morgan fingerprint density at radius 1 is 1.23 bits per heavy atom. The van der Waals surface area contributed by atoms with Crippen LogP contribution in [0.3, 0.4) is 0 Å². The quantitative estimate of drug-likeness (QED) is 0.547. The third-order valence-electron chi connectivity index (χ3n) is 3.76. The number of aromatic amines is 1. The number of H-pyrrole nitrogens is 1. The third kappa shape index (κ3) is 3.94. The number of hydrogen-bond donors (Lipinski definition) is 2. The number of para-hydroxylation sites is 2. The fourth-order valence-corrected chi connectivity index (χ4v) is 2.55. The molecule has 2 N–H and O–H groups in total. The SMILES string of the molecule is C/C=N\N(Cc1cccc(C(=O)Nc2nc3ccccc3[nH]2)c1)C(C)=O. The minimum atomic E-state index is -0.278. The first-order valence-corrected chi connectivity index (χ1v) is 8.18. The van der Waals surface area contributed by atoms with Gasteiger partial charge < -0.3 is 4.98 Å². The van der Waals surface area contributed by atoms with E-state index in [1.807, 2.05) is 30.3 Å². The van der Waals surface area contributed by atoms with E-state index >= 15 is 0 Å². The summed E-state index contributed by atoms with van der Waals surface area (Å²) in [4.78, 5) is 31.5. The molecule has 1 heterocycles. The van der Waals surface area contributed by atoms with E-state index in [0.29, 0.717) is 18.1 Å². The highest BCUT2D eigenvalue weighted by atomic mass is 16.2. The Morgan fingerprint density at radius 3 is 2.77 bits per heavy atom. The molecule has 0 aliphatic carbocycles. The highest BCUT2D eigenvalue weighted by Gasteiger charge is 2.12. The maximum atomic E-state index is 12.5. The Labute approximate surface area is 150 Å². The lowest BCUT2D eigenvalue weighted by atomic mass is 10.1. The van der Waals surface area contributed by atoms with Crippen molar-refractivity contribution >= 4 is 35.0 Å². The van der Waals surface area contributed by atoms with Gasteiger partial charge in [0.15, 0.2) is 0 Å². The number of imidazole rings is 1. The number of amides is 2. The Kier molecular flexibility index (Phi) is 5.07. The molecule has 1 aromatic heterocycles. The van der Waals surface area contributed by atoms with Crippen LogP contribution in [0.4, 0.5) is 5.95 Å². The van der Waals surface area contributed by atoms with Gasteiger partial charge in [-0.05, 0) is 36.8 Å². The van der Waals surface area contributed by atoms with E-state index in [0.717, 1.165) is 16.6 Å². The number of hydrazone groups is 1. The van der Waals surface area contributed by atoms with Gasteiger partial charge in [0, 0.05) is 18.7 Å². The molecule has 0 fully saturated rings. The Bertz CT molecular complexity index is 944. The summed E-state index contributed by atoms with van der Waals surface area (Å²) < 4.78 is 0. The van der Waals surface area contributed by atoms with E-state index in [4.69, 9.17) is 0 Å².